The zero-order valence-electron chi connectivity index (χ0n) is 14.6. The minimum atomic E-state index is -0.308. The summed E-state index contributed by atoms with van der Waals surface area (Å²) in [4.78, 5) is 15.4. The molecule has 4 aromatic rings. The first-order chi connectivity index (χ1) is 13.3. The van der Waals surface area contributed by atoms with Crippen LogP contribution in [0.15, 0.2) is 71.4 Å². The van der Waals surface area contributed by atoms with Crippen LogP contribution in [0.2, 0.25) is 0 Å². The second-order valence-corrected chi connectivity index (χ2v) is 6.17. The number of carbonyl (C=O) groups is 1. The van der Waals surface area contributed by atoms with Crippen LogP contribution in [-0.4, -0.2) is 22.6 Å². The number of hydrogen-bond acceptors (Lipinski definition) is 4. The molecule has 2 N–H and O–H groups in total. The van der Waals surface area contributed by atoms with Crippen molar-refractivity contribution in [2.24, 2.45) is 0 Å². The van der Waals surface area contributed by atoms with Crippen molar-refractivity contribution in [1.29, 1.82) is 0 Å². The molecule has 0 bridgehead atoms. The lowest BCUT2D eigenvalue weighted by atomic mass is 10.1. The van der Waals surface area contributed by atoms with E-state index in [4.69, 9.17) is 9.26 Å². The largest absolute Gasteiger partial charge is 0.471 e. The molecule has 6 heteroatoms. The average molecular weight is 361 g/mol. The number of para-hydroxylation sites is 1. The fraction of sp³-hybridized carbons (Fsp3) is 0.143. The number of ether oxygens (including phenoxy) is 1. The second-order valence-electron chi connectivity index (χ2n) is 6.17. The van der Waals surface area contributed by atoms with Crippen molar-refractivity contribution in [3.05, 3.63) is 83.7 Å². The van der Waals surface area contributed by atoms with Crippen molar-refractivity contribution >= 4 is 16.8 Å². The lowest BCUT2D eigenvalue weighted by Gasteiger charge is -2.02. The highest BCUT2D eigenvalue weighted by Gasteiger charge is 2.14. The molecule has 0 saturated carbocycles. The molecule has 6 nitrogen and oxygen atoms in total. The lowest BCUT2D eigenvalue weighted by molar-refractivity contribution is 0.0917. The Bertz CT molecular complexity index is 1040. The summed E-state index contributed by atoms with van der Waals surface area (Å²) in [7, 11) is 0. The molecule has 2 heterocycles. The smallest absolute Gasteiger partial charge is 0.290 e. The first kappa shape index (κ1) is 16.9. The van der Waals surface area contributed by atoms with Gasteiger partial charge in [0.15, 0.2) is 0 Å². The summed E-state index contributed by atoms with van der Waals surface area (Å²) in [5.74, 6) is 0.120. The van der Waals surface area contributed by atoms with Gasteiger partial charge in [-0.25, -0.2) is 0 Å². The van der Waals surface area contributed by atoms with Gasteiger partial charge in [-0.3, -0.25) is 4.79 Å². The predicted octanol–water partition coefficient (Wildman–Crippen LogP) is 3.71. The van der Waals surface area contributed by atoms with Crippen molar-refractivity contribution < 1.29 is 14.1 Å². The monoisotopic (exact) mass is 361 g/mol. The van der Waals surface area contributed by atoms with Crippen molar-refractivity contribution in [3.63, 3.8) is 0 Å². The lowest BCUT2D eigenvalue weighted by Crippen LogP contribution is -2.25. The van der Waals surface area contributed by atoms with E-state index in [0.29, 0.717) is 19.0 Å². The third-order valence-electron chi connectivity index (χ3n) is 4.30. The summed E-state index contributed by atoms with van der Waals surface area (Å²) in [6.07, 6.45) is 2.70. The molecule has 0 aliphatic heterocycles. The Hall–Kier alpha value is -3.54. The third-order valence-corrected chi connectivity index (χ3v) is 4.30. The van der Waals surface area contributed by atoms with Gasteiger partial charge in [0, 0.05) is 23.6 Å². The maximum absolute atomic E-state index is 12.2. The molecule has 0 radical (unpaired) electrons. The van der Waals surface area contributed by atoms with E-state index in [9.17, 15) is 4.79 Å². The predicted molar refractivity (Wildman–Crippen MR) is 102 cm³/mol. The number of benzene rings is 2. The van der Waals surface area contributed by atoms with E-state index in [0.717, 1.165) is 23.1 Å². The van der Waals surface area contributed by atoms with Gasteiger partial charge in [0.25, 0.3) is 11.8 Å². The Labute approximate surface area is 156 Å². The average Bonchev–Trinajstić information content (AvgIpc) is 3.35. The van der Waals surface area contributed by atoms with Gasteiger partial charge in [-0.2, -0.15) is 0 Å². The van der Waals surface area contributed by atoms with Crippen molar-refractivity contribution in [2.45, 2.75) is 13.0 Å². The normalized spacial score (nSPS) is 10.8. The number of nitrogens with zero attached hydrogens (tertiary/aromatic N) is 1. The number of fused-ring (bicyclic) bond motifs is 1. The highest BCUT2D eigenvalue weighted by Crippen LogP contribution is 2.18. The van der Waals surface area contributed by atoms with Crippen LogP contribution in [0.3, 0.4) is 0 Å². The van der Waals surface area contributed by atoms with Crippen LogP contribution >= 0.6 is 0 Å². The highest BCUT2D eigenvalue weighted by molar-refractivity contribution is 5.91. The third kappa shape index (κ3) is 4.00. The zero-order valence-corrected chi connectivity index (χ0v) is 14.6. The van der Waals surface area contributed by atoms with Gasteiger partial charge in [0.05, 0.1) is 6.07 Å². The van der Waals surface area contributed by atoms with Crippen LogP contribution in [0.5, 0.6) is 5.88 Å². The van der Waals surface area contributed by atoms with E-state index >= 15 is 0 Å². The summed E-state index contributed by atoms with van der Waals surface area (Å²) >= 11 is 0. The Morgan fingerprint density at radius 1 is 1.11 bits per heavy atom. The van der Waals surface area contributed by atoms with E-state index in [1.807, 2.05) is 54.7 Å². The van der Waals surface area contributed by atoms with Crippen LogP contribution in [0.25, 0.3) is 10.9 Å². The van der Waals surface area contributed by atoms with Gasteiger partial charge in [-0.1, -0.05) is 48.5 Å². The number of carbonyl (C=O) groups excluding carboxylic acids is 1. The first-order valence-electron chi connectivity index (χ1n) is 8.76. The molecule has 1 amide bonds. The highest BCUT2D eigenvalue weighted by atomic mass is 16.5. The zero-order chi connectivity index (χ0) is 18.5. The topological polar surface area (TPSA) is 80.2 Å². The fourth-order valence-corrected chi connectivity index (χ4v) is 2.90. The van der Waals surface area contributed by atoms with E-state index in [2.05, 4.69) is 21.5 Å². The standard InChI is InChI=1S/C21H19N3O3/c25-21(22-11-10-16-13-23-18-9-5-4-8-17(16)18)19-12-20(24-27-19)26-14-15-6-2-1-3-7-15/h1-9,12-13,23H,10-11,14H2,(H,22,25). The van der Waals surface area contributed by atoms with Gasteiger partial charge < -0.3 is 19.6 Å². The molecular weight excluding hydrogens is 342 g/mol. The van der Waals surface area contributed by atoms with Gasteiger partial charge in [-0.15, -0.1) is 0 Å². The summed E-state index contributed by atoms with van der Waals surface area (Å²) in [6.45, 7) is 0.872. The van der Waals surface area contributed by atoms with Crippen molar-refractivity contribution in [2.75, 3.05) is 6.54 Å². The number of amides is 1. The quantitative estimate of drug-likeness (QED) is 0.526. The minimum Gasteiger partial charge on any atom is -0.471 e. The van der Waals surface area contributed by atoms with Crippen LogP contribution in [-0.2, 0) is 13.0 Å². The van der Waals surface area contributed by atoms with Crippen LogP contribution in [0.4, 0.5) is 0 Å². The molecule has 4 rings (SSSR count). The van der Waals surface area contributed by atoms with Crippen LogP contribution in [0.1, 0.15) is 21.7 Å². The molecular formula is C21H19N3O3. The van der Waals surface area contributed by atoms with Crippen LogP contribution < -0.4 is 10.1 Å². The van der Waals surface area contributed by atoms with E-state index in [1.54, 1.807) is 0 Å². The Balaban J connectivity index is 1.29. The molecule has 0 fully saturated rings. The number of rotatable bonds is 7. The van der Waals surface area contributed by atoms with Gasteiger partial charge in [-0.05, 0) is 28.8 Å². The molecule has 0 spiro atoms. The number of nitrogens with one attached hydrogen (secondary N) is 2. The molecule has 0 aliphatic carbocycles. The van der Waals surface area contributed by atoms with E-state index < -0.39 is 0 Å². The van der Waals surface area contributed by atoms with E-state index in [1.165, 1.54) is 11.5 Å². The number of H-pyrrole nitrogens is 1. The molecule has 27 heavy (non-hydrogen) atoms. The number of aromatic amines is 1. The van der Waals surface area contributed by atoms with E-state index in [-0.39, 0.29) is 11.7 Å². The fourth-order valence-electron chi connectivity index (χ4n) is 2.90. The summed E-state index contributed by atoms with van der Waals surface area (Å²) in [5.41, 5.74) is 3.27. The number of hydrogen-bond donors (Lipinski definition) is 2. The number of aromatic nitrogens is 2. The summed E-state index contributed by atoms with van der Waals surface area (Å²) in [6, 6.07) is 19.3. The minimum absolute atomic E-state index is 0.136. The summed E-state index contributed by atoms with van der Waals surface area (Å²) < 4.78 is 10.6. The van der Waals surface area contributed by atoms with Crippen molar-refractivity contribution in [3.8, 4) is 5.88 Å². The van der Waals surface area contributed by atoms with Crippen LogP contribution in [0, 0.1) is 0 Å². The SMILES string of the molecule is O=C(NCCc1c[nH]c2ccccc12)c1cc(OCc2ccccc2)no1. The van der Waals surface area contributed by atoms with Gasteiger partial charge >= 0.3 is 0 Å². The Morgan fingerprint density at radius 3 is 2.81 bits per heavy atom. The first-order valence-corrected chi connectivity index (χ1v) is 8.76. The maximum atomic E-state index is 12.2. The molecule has 2 aromatic heterocycles. The molecule has 0 unspecified atom stereocenters. The maximum Gasteiger partial charge on any atom is 0.290 e. The van der Waals surface area contributed by atoms with Crippen molar-refractivity contribution in [1.82, 2.24) is 15.5 Å². The molecule has 0 atom stereocenters. The molecule has 0 aliphatic rings. The Morgan fingerprint density at radius 2 is 1.93 bits per heavy atom. The van der Waals surface area contributed by atoms with Gasteiger partial charge in [0.1, 0.15) is 6.61 Å². The molecule has 0 saturated heterocycles. The Kier molecular flexibility index (Phi) is 4.87. The molecule has 2 aromatic carbocycles. The second kappa shape index (κ2) is 7.78. The van der Waals surface area contributed by atoms with Gasteiger partial charge in [0.2, 0.25) is 5.76 Å². The molecule has 136 valence electrons. The summed E-state index contributed by atoms with van der Waals surface area (Å²) in [5, 5.41) is 7.80.